The lowest BCUT2D eigenvalue weighted by Gasteiger charge is -2.34. The van der Waals surface area contributed by atoms with Crippen LogP contribution in [0.15, 0.2) is 15.5 Å². The second-order valence-electron chi connectivity index (χ2n) is 6.23. The number of guanidine groups is 1. The third kappa shape index (κ3) is 5.99. The van der Waals surface area contributed by atoms with Crippen molar-refractivity contribution in [3.05, 3.63) is 23.2 Å². The first-order valence-corrected chi connectivity index (χ1v) is 8.37. The van der Waals surface area contributed by atoms with E-state index in [1.807, 2.05) is 19.9 Å². The van der Waals surface area contributed by atoms with Crippen molar-refractivity contribution in [2.75, 3.05) is 19.6 Å². The van der Waals surface area contributed by atoms with Crippen molar-refractivity contribution in [1.82, 2.24) is 10.2 Å². The molecular formula is C17H29IN4O2. The Morgan fingerprint density at radius 2 is 2.25 bits per heavy atom. The van der Waals surface area contributed by atoms with Crippen molar-refractivity contribution >= 4 is 35.8 Å². The number of aliphatic imine (C=N–C) groups is 1. The monoisotopic (exact) mass is 448 g/mol. The zero-order valence-electron chi connectivity index (χ0n) is 14.8. The first kappa shape index (κ1) is 20.8. The molecule has 1 aromatic heterocycles. The Kier molecular flexibility index (Phi) is 8.58. The number of carbonyl (C=O) groups excluding carboxylic acids is 1. The average Bonchev–Trinajstić information content (AvgIpc) is 2.81. The van der Waals surface area contributed by atoms with Crippen LogP contribution in [0.5, 0.6) is 0 Å². The summed E-state index contributed by atoms with van der Waals surface area (Å²) < 4.78 is 5.56. The highest BCUT2D eigenvalue weighted by Gasteiger charge is 2.23. The summed E-state index contributed by atoms with van der Waals surface area (Å²) in [5.41, 5.74) is 6.46. The van der Waals surface area contributed by atoms with E-state index in [0.29, 0.717) is 18.9 Å². The van der Waals surface area contributed by atoms with Gasteiger partial charge in [0.05, 0.1) is 6.54 Å². The van der Waals surface area contributed by atoms with Crippen molar-refractivity contribution < 1.29 is 9.21 Å². The van der Waals surface area contributed by atoms with Crippen molar-refractivity contribution in [2.24, 2.45) is 16.6 Å². The maximum Gasteiger partial charge on any atom is 0.217 e. The van der Waals surface area contributed by atoms with Crippen LogP contribution in [0.3, 0.4) is 0 Å². The van der Waals surface area contributed by atoms with Crippen LogP contribution in [0.2, 0.25) is 0 Å². The molecule has 1 saturated heterocycles. The van der Waals surface area contributed by atoms with Crippen molar-refractivity contribution in [1.29, 1.82) is 0 Å². The Labute approximate surface area is 161 Å². The molecule has 0 saturated carbocycles. The first-order valence-electron chi connectivity index (χ1n) is 8.37. The van der Waals surface area contributed by atoms with Gasteiger partial charge in [0.1, 0.15) is 11.5 Å². The molecule has 7 heteroatoms. The van der Waals surface area contributed by atoms with Gasteiger partial charge in [-0.05, 0) is 45.6 Å². The predicted molar refractivity (Wildman–Crippen MR) is 107 cm³/mol. The standard InChI is InChI=1S/C17H28N4O2.HI/c1-4-19-17(20-10-15-8-12(2)23-13(15)3)21-7-5-6-14(11-21)9-16(18)22;/h8,14H,4-7,9-11H2,1-3H3,(H2,18,22)(H,19,20);1H. The molecule has 0 radical (unpaired) electrons. The number of halogens is 1. The van der Waals surface area contributed by atoms with Gasteiger partial charge in [0.25, 0.3) is 0 Å². The number of furan rings is 1. The summed E-state index contributed by atoms with van der Waals surface area (Å²) in [6, 6.07) is 2.04. The van der Waals surface area contributed by atoms with Crippen molar-refractivity contribution in [3.63, 3.8) is 0 Å². The molecule has 1 aliphatic rings. The lowest BCUT2D eigenvalue weighted by Crippen LogP contribution is -2.47. The average molecular weight is 448 g/mol. The number of amides is 1. The molecule has 136 valence electrons. The van der Waals surface area contributed by atoms with Crippen LogP contribution in [-0.4, -0.2) is 36.4 Å². The third-order valence-corrected chi connectivity index (χ3v) is 4.19. The van der Waals surface area contributed by atoms with E-state index in [9.17, 15) is 4.79 Å². The van der Waals surface area contributed by atoms with Gasteiger partial charge in [0, 0.05) is 31.6 Å². The quantitative estimate of drug-likeness (QED) is 0.412. The number of aryl methyl sites for hydroxylation is 2. The molecule has 1 aliphatic heterocycles. The fraction of sp³-hybridized carbons (Fsp3) is 0.647. The Morgan fingerprint density at radius 1 is 1.50 bits per heavy atom. The number of carbonyl (C=O) groups is 1. The molecule has 1 amide bonds. The largest absolute Gasteiger partial charge is 0.466 e. The van der Waals surface area contributed by atoms with E-state index in [1.54, 1.807) is 0 Å². The van der Waals surface area contributed by atoms with Crippen LogP contribution in [0.1, 0.15) is 43.3 Å². The van der Waals surface area contributed by atoms with E-state index in [1.165, 1.54) is 0 Å². The molecule has 1 unspecified atom stereocenters. The molecule has 1 fully saturated rings. The van der Waals surface area contributed by atoms with Gasteiger partial charge < -0.3 is 20.4 Å². The van der Waals surface area contributed by atoms with Crippen LogP contribution >= 0.6 is 24.0 Å². The van der Waals surface area contributed by atoms with Crippen LogP contribution in [0.4, 0.5) is 0 Å². The number of rotatable bonds is 5. The van der Waals surface area contributed by atoms with E-state index in [0.717, 1.165) is 55.5 Å². The lowest BCUT2D eigenvalue weighted by molar-refractivity contribution is -0.119. The van der Waals surface area contributed by atoms with E-state index < -0.39 is 0 Å². The summed E-state index contributed by atoms with van der Waals surface area (Å²) in [6.07, 6.45) is 2.57. The number of nitrogens with zero attached hydrogens (tertiary/aromatic N) is 2. The van der Waals surface area contributed by atoms with Gasteiger partial charge in [-0.25, -0.2) is 4.99 Å². The second-order valence-corrected chi connectivity index (χ2v) is 6.23. The summed E-state index contributed by atoms with van der Waals surface area (Å²) in [5.74, 6) is 2.84. The topological polar surface area (TPSA) is 83.9 Å². The maximum atomic E-state index is 11.2. The number of piperidine rings is 1. The predicted octanol–water partition coefficient (Wildman–Crippen LogP) is 2.57. The molecule has 3 N–H and O–H groups in total. The molecule has 2 rings (SSSR count). The summed E-state index contributed by atoms with van der Waals surface area (Å²) >= 11 is 0. The lowest BCUT2D eigenvalue weighted by atomic mass is 9.95. The molecule has 0 aromatic carbocycles. The summed E-state index contributed by atoms with van der Waals surface area (Å²) in [4.78, 5) is 18.2. The molecule has 24 heavy (non-hydrogen) atoms. The minimum absolute atomic E-state index is 0. The highest BCUT2D eigenvalue weighted by Crippen LogP contribution is 2.20. The van der Waals surface area contributed by atoms with Crippen molar-refractivity contribution in [2.45, 2.75) is 46.6 Å². The molecule has 0 spiro atoms. The summed E-state index contributed by atoms with van der Waals surface area (Å²) in [5, 5.41) is 3.35. The van der Waals surface area contributed by atoms with Crippen molar-refractivity contribution in [3.8, 4) is 0 Å². The van der Waals surface area contributed by atoms with Crippen LogP contribution < -0.4 is 11.1 Å². The fourth-order valence-electron chi connectivity index (χ4n) is 3.13. The fourth-order valence-corrected chi connectivity index (χ4v) is 3.13. The van der Waals surface area contributed by atoms with Gasteiger partial charge in [-0.3, -0.25) is 4.79 Å². The van der Waals surface area contributed by atoms with Crippen LogP contribution in [-0.2, 0) is 11.3 Å². The smallest absolute Gasteiger partial charge is 0.217 e. The summed E-state index contributed by atoms with van der Waals surface area (Å²) in [7, 11) is 0. The Bertz CT molecular complexity index is 571. The Hall–Kier alpha value is -1.25. The molecule has 0 bridgehead atoms. The number of hydrogen-bond donors (Lipinski definition) is 2. The Balaban J connectivity index is 0.00000288. The molecule has 6 nitrogen and oxygen atoms in total. The van der Waals surface area contributed by atoms with Crippen LogP contribution in [0, 0.1) is 19.8 Å². The number of likely N-dealkylation sites (tertiary alicyclic amines) is 1. The molecular weight excluding hydrogens is 419 g/mol. The molecule has 1 aromatic rings. The van der Waals surface area contributed by atoms with Gasteiger partial charge in [0.2, 0.25) is 5.91 Å². The van der Waals surface area contributed by atoms with Gasteiger partial charge in [-0.2, -0.15) is 0 Å². The highest BCUT2D eigenvalue weighted by atomic mass is 127. The van der Waals surface area contributed by atoms with Crippen LogP contribution in [0.25, 0.3) is 0 Å². The van der Waals surface area contributed by atoms with E-state index in [-0.39, 0.29) is 29.9 Å². The Morgan fingerprint density at radius 3 is 2.83 bits per heavy atom. The maximum absolute atomic E-state index is 11.2. The van der Waals surface area contributed by atoms with Gasteiger partial charge >= 0.3 is 0 Å². The SMILES string of the molecule is CCNC(=NCc1cc(C)oc1C)N1CCCC(CC(N)=O)C1.I. The molecule has 1 atom stereocenters. The highest BCUT2D eigenvalue weighted by molar-refractivity contribution is 14.0. The molecule has 2 heterocycles. The van der Waals surface area contributed by atoms with Gasteiger partial charge in [0.15, 0.2) is 5.96 Å². The number of primary amides is 1. The zero-order chi connectivity index (χ0) is 16.8. The third-order valence-electron chi connectivity index (χ3n) is 4.19. The van der Waals surface area contributed by atoms with E-state index in [2.05, 4.69) is 17.1 Å². The normalized spacial score (nSPS) is 18.2. The minimum atomic E-state index is -0.219. The second kappa shape index (κ2) is 9.90. The minimum Gasteiger partial charge on any atom is -0.466 e. The molecule has 0 aliphatic carbocycles. The number of nitrogens with two attached hydrogens (primary N) is 1. The van der Waals surface area contributed by atoms with E-state index in [4.69, 9.17) is 15.1 Å². The van der Waals surface area contributed by atoms with Gasteiger partial charge in [-0.1, -0.05) is 0 Å². The van der Waals surface area contributed by atoms with Gasteiger partial charge in [-0.15, -0.1) is 24.0 Å². The first-order chi connectivity index (χ1) is 11.0. The number of hydrogen-bond acceptors (Lipinski definition) is 3. The zero-order valence-corrected chi connectivity index (χ0v) is 17.1. The summed E-state index contributed by atoms with van der Waals surface area (Å²) in [6.45, 7) is 9.19. The van der Waals surface area contributed by atoms with E-state index >= 15 is 0 Å². The number of nitrogens with one attached hydrogen (secondary N) is 1.